The molecule has 0 aromatic heterocycles. The lowest BCUT2D eigenvalue weighted by Crippen LogP contribution is -2.47. The zero-order valence-electron chi connectivity index (χ0n) is 11.7. The van der Waals surface area contributed by atoms with Gasteiger partial charge in [0.25, 0.3) is 0 Å². The third-order valence-electron chi connectivity index (χ3n) is 3.62. The van der Waals surface area contributed by atoms with E-state index < -0.39 is 0 Å². The maximum absolute atomic E-state index is 13.3. The van der Waals surface area contributed by atoms with E-state index in [0.29, 0.717) is 17.9 Å². The van der Waals surface area contributed by atoms with Gasteiger partial charge in [-0.15, -0.1) is 0 Å². The molecule has 5 heteroatoms. The van der Waals surface area contributed by atoms with E-state index in [1.807, 2.05) is 6.92 Å². The number of carbonyl (C=O) groups excluding carboxylic acids is 1. The number of amides is 1. The van der Waals surface area contributed by atoms with Crippen molar-refractivity contribution in [1.29, 1.82) is 0 Å². The van der Waals surface area contributed by atoms with E-state index in [4.69, 9.17) is 10.5 Å². The Bertz CT molecular complexity index is 479. The standard InChI is InChI=1S/C15H21FN2O2/c1-2-15(19)18-12-5-3-4-6-13(12)20-14-9-10(16)7-8-11(14)17/h7-9,12-13H,2-6,17H2,1H3,(H,18,19). The van der Waals surface area contributed by atoms with Gasteiger partial charge in [0.05, 0.1) is 11.7 Å². The van der Waals surface area contributed by atoms with Gasteiger partial charge in [0.1, 0.15) is 17.7 Å². The predicted octanol–water partition coefficient (Wildman–Crippen LogP) is 2.62. The van der Waals surface area contributed by atoms with Crippen LogP contribution in [0.25, 0.3) is 0 Å². The molecule has 1 aromatic carbocycles. The zero-order chi connectivity index (χ0) is 14.5. The second-order valence-corrected chi connectivity index (χ2v) is 5.15. The van der Waals surface area contributed by atoms with Crippen molar-refractivity contribution in [3.05, 3.63) is 24.0 Å². The zero-order valence-corrected chi connectivity index (χ0v) is 11.7. The number of nitrogens with one attached hydrogen (secondary N) is 1. The van der Waals surface area contributed by atoms with Crippen LogP contribution in [0.2, 0.25) is 0 Å². The maximum atomic E-state index is 13.3. The largest absolute Gasteiger partial charge is 0.486 e. The molecule has 1 fully saturated rings. The van der Waals surface area contributed by atoms with Crippen LogP contribution in [0.1, 0.15) is 39.0 Å². The number of hydrogen-bond acceptors (Lipinski definition) is 3. The van der Waals surface area contributed by atoms with Gasteiger partial charge in [-0.1, -0.05) is 13.3 Å². The van der Waals surface area contributed by atoms with E-state index in [0.717, 1.165) is 25.7 Å². The summed E-state index contributed by atoms with van der Waals surface area (Å²) in [6.45, 7) is 1.82. The summed E-state index contributed by atoms with van der Waals surface area (Å²) in [7, 11) is 0. The molecule has 3 N–H and O–H groups in total. The van der Waals surface area contributed by atoms with Gasteiger partial charge in [0, 0.05) is 12.5 Å². The summed E-state index contributed by atoms with van der Waals surface area (Å²) >= 11 is 0. The third kappa shape index (κ3) is 3.62. The number of rotatable bonds is 4. The lowest BCUT2D eigenvalue weighted by Gasteiger charge is -2.32. The Morgan fingerprint density at radius 1 is 1.45 bits per heavy atom. The van der Waals surface area contributed by atoms with Crippen molar-refractivity contribution in [2.24, 2.45) is 0 Å². The smallest absolute Gasteiger partial charge is 0.220 e. The molecule has 2 rings (SSSR count). The molecule has 0 aliphatic heterocycles. The molecular weight excluding hydrogens is 259 g/mol. The van der Waals surface area contributed by atoms with Crippen LogP contribution in [0.3, 0.4) is 0 Å². The Balaban J connectivity index is 2.08. The molecule has 1 aliphatic carbocycles. The fraction of sp³-hybridized carbons (Fsp3) is 0.533. The lowest BCUT2D eigenvalue weighted by atomic mass is 9.92. The van der Waals surface area contributed by atoms with E-state index >= 15 is 0 Å². The van der Waals surface area contributed by atoms with Crippen LogP contribution < -0.4 is 15.8 Å². The van der Waals surface area contributed by atoms with Crippen LogP contribution in [0, 0.1) is 5.82 Å². The topological polar surface area (TPSA) is 64.3 Å². The minimum atomic E-state index is -0.376. The molecule has 1 saturated carbocycles. The maximum Gasteiger partial charge on any atom is 0.220 e. The highest BCUT2D eigenvalue weighted by molar-refractivity contribution is 5.75. The molecule has 2 atom stereocenters. The van der Waals surface area contributed by atoms with Crippen molar-refractivity contribution in [1.82, 2.24) is 5.32 Å². The molecule has 0 spiro atoms. The van der Waals surface area contributed by atoms with Gasteiger partial charge < -0.3 is 15.8 Å². The predicted molar refractivity (Wildman–Crippen MR) is 75.9 cm³/mol. The van der Waals surface area contributed by atoms with Gasteiger partial charge in [0.15, 0.2) is 0 Å². The van der Waals surface area contributed by atoms with E-state index in [1.165, 1.54) is 18.2 Å². The molecule has 0 saturated heterocycles. The summed E-state index contributed by atoms with van der Waals surface area (Å²) in [5.41, 5.74) is 6.21. The van der Waals surface area contributed by atoms with E-state index in [2.05, 4.69) is 5.32 Å². The number of carbonyl (C=O) groups is 1. The van der Waals surface area contributed by atoms with Gasteiger partial charge in [0.2, 0.25) is 5.91 Å². The van der Waals surface area contributed by atoms with Crippen molar-refractivity contribution in [2.75, 3.05) is 5.73 Å². The SMILES string of the molecule is CCC(=O)NC1CCCCC1Oc1cc(F)ccc1N. The molecule has 20 heavy (non-hydrogen) atoms. The van der Waals surface area contributed by atoms with Crippen LogP contribution in [-0.4, -0.2) is 18.1 Å². The molecule has 0 heterocycles. The van der Waals surface area contributed by atoms with Crippen LogP contribution in [-0.2, 0) is 4.79 Å². The average Bonchev–Trinajstić information content (AvgIpc) is 2.44. The summed E-state index contributed by atoms with van der Waals surface area (Å²) in [5.74, 6) is -0.00971. The van der Waals surface area contributed by atoms with Crippen LogP contribution >= 0.6 is 0 Å². The number of ether oxygens (including phenoxy) is 1. The van der Waals surface area contributed by atoms with Crippen molar-refractivity contribution in [3.63, 3.8) is 0 Å². The summed E-state index contributed by atoms with van der Waals surface area (Å²) < 4.78 is 19.1. The molecule has 1 amide bonds. The average molecular weight is 280 g/mol. The highest BCUT2D eigenvalue weighted by atomic mass is 19.1. The van der Waals surface area contributed by atoms with Gasteiger partial charge >= 0.3 is 0 Å². The molecule has 1 aliphatic rings. The van der Waals surface area contributed by atoms with Crippen molar-refractivity contribution in [2.45, 2.75) is 51.2 Å². The van der Waals surface area contributed by atoms with E-state index in [-0.39, 0.29) is 23.9 Å². The monoisotopic (exact) mass is 280 g/mol. The van der Waals surface area contributed by atoms with Crippen LogP contribution in [0.15, 0.2) is 18.2 Å². The third-order valence-corrected chi connectivity index (χ3v) is 3.62. The summed E-state index contributed by atoms with van der Waals surface area (Å²) in [6, 6.07) is 4.06. The number of nitrogen functional groups attached to an aromatic ring is 1. The molecule has 1 aromatic rings. The van der Waals surface area contributed by atoms with Crippen molar-refractivity contribution in [3.8, 4) is 5.75 Å². The van der Waals surface area contributed by atoms with Crippen LogP contribution in [0.4, 0.5) is 10.1 Å². The Morgan fingerprint density at radius 2 is 2.20 bits per heavy atom. The molecular formula is C15H21FN2O2. The summed E-state index contributed by atoms with van der Waals surface area (Å²) in [4.78, 5) is 11.5. The fourth-order valence-electron chi connectivity index (χ4n) is 2.49. The van der Waals surface area contributed by atoms with Gasteiger partial charge in [-0.2, -0.15) is 0 Å². The highest BCUT2D eigenvalue weighted by Gasteiger charge is 2.28. The first-order valence-corrected chi connectivity index (χ1v) is 7.11. The minimum Gasteiger partial charge on any atom is -0.486 e. The molecule has 0 bridgehead atoms. The first-order chi connectivity index (χ1) is 9.60. The molecule has 4 nitrogen and oxygen atoms in total. The number of anilines is 1. The lowest BCUT2D eigenvalue weighted by molar-refractivity contribution is -0.122. The van der Waals surface area contributed by atoms with Crippen LogP contribution in [0.5, 0.6) is 5.75 Å². The summed E-state index contributed by atoms with van der Waals surface area (Å²) in [6.07, 6.45) is 4.12. The number of halogens is 1. The van der Waals surface area contributed by atoms with Gasteiger partial charge in [-0.05, 0) is 31.4 Å². The Morgan fingerprint density at radius 3 is 2.95 bits per heavy atom. The van der Waals surface area contributed by atoms with Crippen molar-refractivity contribution < 1.29 is 13.9 Å². The molecule has 0 radical (unpaired) electrons. The van der Waals surface area contributed by atoms with Crippen molar-refractivity contribution >= 4 is 11.6 Å². The normalized spacial score (nSPS) is 22.3. The first kappa shape index (κ1) is 14.6. The Kier molecular flexibility index (Phi) is 4.82. The minimum absolute atomic E-state index is 0.0118. The Labute approximate surface area is 118 Å². The van der Waals surface area contributed by atoms with Gasteiger partial charge in [-0.25, -0.2) is 4.39 Å². The molecule has 110 valence electrons. The number of hydrogen-bond donors (Lipinski definition) is 2. The van der Waals surface area contributed by atoms with E-state index in [9.17, 15) is 9.18 Å². The van der Waals surface area contributed by atoms with E-state index in [1.54, 1.807) is 0 Å². The number of nitrogens with two attached hydrogens (primary N) is 1. The second kappa shape index (κ2) is 6.59. The number of benzene rings is 1. The quantitative estimate of drug-likeness (QED) is 0.833. The summed E-state index contributed by atoms with van der Waals surface area (Å²) in [5, 5.41) is 2.97. The fourth-order valence-corrected chi connectivity index (χ4v) is 2.49. The molecule has 2 unspecified atom stereocenters. The first-order valence-electron chi connectivity index (χ1n) is 7.11. The highest BCUT2D eigenvalue weighted by Crippen LogP contribution is 2.28. The second-order valence-electron chi connectivity index (χ2n) is 5.15. The van der Waals surface area contributed by atoms with Gasteiger partial charge in [-0.3, -0.25) is 4.79 Å². The Hall–Kier alpha value is -1.78.